The zero-order valence-corrected chi connectivity index (χ0v) is 19.4. The molecule has 0 saturated heterocycles. The zero-order chi connectivity index (χ0) is 23.9. The van der Waals surface area contributed by atoms with Crippen molar-refractivity contribution >= 4 is 17.3 Å². The van der Waals surface area contributed by atoms with Gasteiger partial charge >= 0.3 is 0 Å². The molecule has 1 aliphatic carbocycles. The van der Waals surface area contributed by atoms with Crippen LogP contribution in [0.5, 0.6) is 0 Å². The summed E-state index contributed by atoms with van der Waals surface area (Å²) < 4.78 is 1.58. The average molecular weight is 460 g/mol. The van der Waals surface area contributed by atoms with Gasteiger partial charge in [-0.2, -0.15) is 0 Å². The monoisotopic (exact) mass is 459 g/mol. The van der Waals surface area contributed by atoms with Crippen LogP contribution in [0, 0.1) is 0 Å². The molecule has 0 radical (unpaired) electrons. The zero-order valence-electron chi connectivity index (χ0n) is 19.4. The second-order valence-electron chi connectivity index (χ2n) is 9.56. The molecule has 176 valence electrons. The average Bonchev–Trinajstić information content (AvgIpc) is 2.83. The van der Waals surface area contributed by atoms with Gasteiger partial charge in [0.05, 0.1) is 24.0 Å². The molecule has 1 saturated carbocycles. The highest BCUT2D eigenvalue weighted by Crippen LogP contribution is 2.37. The Bertz CT molecular complexity index is 1270. The lowest BCUT2D eigenvalue weighted by Gasteiger charge is -2.39. The van der Waals surface area contributed by atoms with E-state index in [2.05, 4.69) is 9.88 Å². The summed E-state index contributed by atoms with van der Waals surface area (Å²) in [6.45, 7) is 3.88. The van der Waals surface area contributed by atoms with E-state index in [9.17, 15) is 15.0 Å². The van der Waals surface area contributed by atoms with Gasteiger partial charge in [0.2, 0.25) is 0 Å². The summed E-state index contributed by atoms with van der Waals surface area (Å²) in [4.78, 5) is 28.9. The fourth-order valence-electron chi connectivity index (χ4n) is 4.65. The largest absolute Gasteiger partial charge is 0.393 e. The highest BCUT2D eigenvalue weighted by Gasteiger charge is 2.31. The maximum absolute atomic E-state index is 12.5. The molecular formula is C26H29N5O3. The summed E-state index contributed by atoms with van der Waals surface area (Å²) in [6, 6.07) is 12.8. The van der Waals surface area contributed by atoms with E-state index in [1.807, 2.05) is 30.3 Å². The van der Waals surface area contributed by atoms with Gasteiger partial charge in [-0.3, -0.25) is 14.3 Å². The summed E-state index contributed by atoms with van der Waals surface area (Å²) in [7, 11) is 0. The van der Waals surface area contributed by atoms with Gasteiger partial charge in [0.15, 0.2) is 5.82 Å². The van der Waals surface area contributed by atoms with Crippen LogP contribution in [0.3, 0.4) is 0 Å². The number of hydrogen-bond donors (Lipinski definition) is 2. The van der Waals surface area contributed by atoms with E-state index in [0.717, 1.165) is 42.8 Å². The molecule has 0 spiro atoms. The maximum atomic E-state index is 12.5. The van der Waals surface area contributed by atoms with E-state index in [-0.39, 0.29) is 17.7 Å². The number of aliphatic hydroxyl groups excluding tert-OH is 1. The molecule has 0 bridgehead atoms. The number of pyridine rings is 3. The van der Waals surface area contributed by atoms with Gasteiger partial charge in [0.25, 0.3) is 5.56 Å². The van der Waals surface area contributed by atoms with Crippen LogP contribution < -0.4 is 10.5 Å². The summed E-state index contributed by atoms with van der Waals surface area (Å²) >= 11 is 0. The van der Waals surface area contributed by atoms with Crippen molar-refractivity contribution in [2.24, 2.45) is 4.99 Å². The number of nitrogens with zero attached hydrogens (tertiary/aromatic N) is 5. The standard InChI is InChI=1S/C26H29N5O3/c1-26(2,34)22-13-6-17(15-27-22)20-11-12-21-25(29-20)31(18-7-9-19(32)10-8-18)16-23(28-21)30-14-4-3-5-24(30)33/h3-6,11-15,18-19,32,34H,7-10,16H2,1-2H3. The molecular weight excluding hydrogens is 430 g/mol. The van der Waals surface area contributed by atoms with Gasteiger partial charge in [-0.25, -0.2) is 9.98 Å². The lowest BCUT2D eigenvalue weighted by Crippen LogP contribution is -2.46. The van der Waals surface area contributed by atoms with Crippen LogP contribution in [0.1, 0.15) is 45.2 Å². The number of hydrogen-bond acceptors (Lipinski definition) is 7. The van der Waals surface area contributed by atoms with Crippen LogP contribution in [0.25, 0.3) is 11.3 Å². The van der Waals surface area contributed by atoms with Crippen LogP contribution in [0.2, 0.25) is 0 Å². The van der Waals surface area contributed by atoms with Gasteiger partial charge in [0.1, 0.15) is 17.1 Å². The fraction of sp³-hybridized carbons (Fsp3) is 0.385. The molecule has 0 unspecified atom stereocenters. The molecule has 5 rings (SSSR count). The molecule has 3 aromatic heterocycles. The Morgan fingerprint density at radius 1 is 1.03 bits per heavy atom. The number of fused-ring (bicyclic) bond motifs is 1. The smallest absolute Gasteiger partial charge is 0.256 e. The second-order valence-corrected chi connectivity index (χ2v) is 9.56. The van der Waals surface area contributed by atoms with Crippen LogP contribution >= 0.6 is 0 Å². The molecule has 0 amide bonds. The molecule has 0 atom stereocenters. The Morgan fingerprint density at radius 2 is 1.82 bits per heavy atom. The van der Waals surface area contributed by atoms with Crippen molar-refractivity contribution in [2.75, 3.05) is 11.4 Å². The van der Waals surface area contributed by atoms with Crippen molar-refractivity contribution in [3.63, 3.8) is 0 Å². The first-order valence-electron chi connectivity index (χ1n) is 11.7. The highest BCUT2D eigenvalue weighted by molar-refractivity contribution is 5.95. The van der Waals surface area contributed by atoms with Crippen molar-refractivity contribution in [1.82, 2.24) is 14.5 Å². The Balaban J connectivity index is 1.56. The summed E-state index contributed by atoms with van der Waals surface area (Å²) in [5, 5.41) is 20.2. The van der Waals surface area contributed by atoms with Crippen molar-refractivity contribution in [1.29, 1.82) is 0 Å². The highest BCUT2D eigenvalue weighted by atomic mass is 16.3. The predicted molar refractivity (Wildman–Crippen MR) is 132 cm³/mol. The topological polar surface area (TPSA) is 104 Å². The van der Waals surface area contributed by atoms with Crippen LogP contribution in [0.4, 0.5) is 11.5 Å². The third-order valence-electron chi connectivity index (χ3n) is 6.58. The number of aliphatic hydroxyl groups is 2. The van der Waals surface area contributed by atoms with Gasteiger partial charge in [0, 0.05) is 30.1 Å². The van der Waals surface area contributed by atoms with Crippen LogP contribution in [-0.2, 0) is 5.60 Å². The number of rotatable bonds is 3. The van der Waals surface area contributed by atoms with Crippen LogP contribution in [0.15, 0.2) is 64.6 Å². The van der Waals surface area contributed by atoms with Gasteiger partial charge in [-0.15, -0.1) is 0 Å². The second kappa shape index (κ2) is 8.77. The molecule has 8 nitrogen and oxygen atoms in total. The van der Waals surface area contributed by atoms with Gasteiger partial charge in [-0.05, 0) is 69.9 Å². The minimum absolute atomic E-state index is 0.119. The first-order valence-corrected chi connectivity index (χ1v) is 11.7. The Labute approximate surface area is 198 Å². The van der Waals surface area contributed by atoms with E-state index in [4.69, 9.17) is 9.98 Å². The molecule has 1 aliphatic heterocycles. The Hall–Kier alpha value is -3.36. The SMILES string of the molecule is CC(C)(O)c1ccc(-c2ccc3c(n2)N(C2CCC(O)CC2)CC(n2ccccc2=O)=N3)cn1. The maximum Gasteiger partial charge on any atom is 0.256 e. The van der Waals surface area contributed by atoms with Crippen molar-refractivity contribution in [2.45, 2.75) is 57.3 Å². The fourth-order valence-corrected chi connectivity index (χ4v) is 4.65. The first-order chi connectivity index (χ1) is 16.3. The Kier molecular flexibility index (Phi) is 5.79. The van der Waals surface area contributed by atoms with Crippen LogP contribution in [-0.4, -0.2) is 49.3 Å². The van der Waals surface area contributed by atoms with E-state index in [1.165, 1.54) is 6.07 Å². The molecule has 4 heterocycles. The quantitative estimate of drug-likeness (QED) is 0.623. The molecule has 0 aromatic carbocycles. The number of aromatic nitrogens is 3. The van der Waals surface area contributed by atoms with Gasteiger partial charge < -0.3 is 15.1 Å². The molecule has 2 N–H and O–H groups in total. The first kappa shape index (κ1) is 22.4. The summed E-state index contributed by atoms with van der Waals surface area (Å²) in [6.07, 6.45) is 6.41. The van der Waals surface area contributed by atoms with Crippen molar-refractivity contribution in [3.8, 4) is 11.3 Å². The third kappa shape index (κ3) is 4.38. The van der Waals surface area contributed by atoms with Crippen molar-refractivity contribution < 1.29 is 10.2 Å². The van der Waals surface area contributed by atoms with E-state index in [1.54, 1.807) is 36.9 Å². The lowest BCUT2D eigenvalue weighted by atomic mass is 9.91. The summed E-state index contributed by atoms with van der Waals surface area (Å²) in [5.74, 6) is 1.44. The minimum Gasteiger partial charge on any atom is -0.393 e. The number of aliphatic imine (C=N–C) groups is 1. The third-order valence-corrected chi connectivity index (χ3v) is 6.58. The normalized spacial score (nSPS) is 20.6. The molecule has 2 aliphatic rings. The van der Waals surface area contributed by atoms with E-state index in [0.29, 0.717) is 23.8 Å². The minimum atomic E-state index is -1.01. The molecule has 1 fully saturated rings. The van der Waals surface area contributed by atoms with Gasteiger partial charge in [-0.1, -0.05) is 6.07 Å². The van der Waals surface area contributed by atoms with Crippen molar-refractivity contribution in [3.05, 3.63) is 70.9 Å². The van der Waals surface area contributed by atoms with E-state index < -0.39 is 5.60 Å². The summed E-state index contributed by atoms with van der Waals surface area (Å²) in [5.41, 5.74) is 1.80. The number of anilines is 1. The Morgan fingerprint density at radius 3 is 2.50 bits per heavy atom. The predicted octanol–water partition coefficient (Wildman–Crippen LogP) is 3.23. The lowest BCUT2D eigenvalue weighted by molar-refractivity contribution is 0.0739. The molecule has 34 heavy (non-hydrogen) atoms. The van der Waals surface area contributed by atoms with E-state index >= 15 is 0 Å². The molecule has 3 aromatic rings. The molecule has 8 heteroatoms.